The first-order valence-electron chi connectivity index (χ1n) is 7.60. The largest absolute Gasteiger partial charge is 0.503 e. The van der Waals surface area contributed by atoms with Crippen LogP contribution in [0.5, 0.6) is 11.5 Å². The number of hydrazone groups is 1. The Hall–Kier alpha value is -2.87. The number of nitrogens with zero attached hydrogens (tertiary/aromatic N) is 1. The molecule has 0 saturated carbocycles. The molecule has 136 valence electrons. The molecule has 0 bridgehead atoms. The van der Waals surface area contributed by atoms with Crippen molar-refractivity contribution in [3.05, 3.63) is 51.5 Å². The highest BCUT2D eigenvalue weighted by molar-refractivity contribution is 9.10. The molecule has 0 aliphatic heterocycles. The molecule has 2 amide bonds. The molecule has 26 heavy (non-hydrogen) atoms. The second-order valence-corrected chi connectivity index (χ2v) is 6.31. The van der Waals surface area contributed by atoms with E-state index in [-0.39, 0.29) is 11.5 Å². The molecule has 0 unspecified atom stereocenters. The number of hydrogen-bond donors (Lipinski definition) is 3. The number of nitrogens with one attached hydrogen (secondary N) is 2. The predicted molar refractivity (Wildman–Crippen MR) is 103 cm³/mol. The Morgan fingerprint density at radius 1 is 1.23 bits per heavy atom. The molecule has 0 spiro atoms. The van der Waals surface area contributed by atoms with E-state index in [0.29, 0.717) is 15.7 Å². The van der Waals surface area contributed by atoms with E-state index >= 15 is 0 Å². The molecular formula is C18H18BrN3O4. The van der Waals surface area contributed by atoms with Gasteiger partial charge in [0.15, 0.2) is 11.5 Å². The van der Waals surface area contributed by atoms with Gasteiger partial charge in [0.25, 0.3) is 0 Å². The number of anilines is 1. The molecule has 0 radical (unpaired) electrons. The van der Waals surface area contributed by atoms with Gasteiger partial charge in [-0.1, -0.05) is 12.1 Å². The topological polar surface area (TPSA) is 100 Å². The van der Waals surface area contributed by atoms with Crippen molar-refractivity contribution in [3.8, 4) is 11.5 Å². The highest BCUT2D eigenvalue weighted by Crippen LogP contribution is 2.34. The van der Waals surface area contributed by atoms with Crippen molar-refractivity contribution < 1.29 is 19.4 Å². The van der Waals surface area contributed by atoms with E-state index in [1.165, 1.54) is 19.4 Å². The first-order valence-corrected chi connectivity index (χ1v) is 8.40. The number of aryl methyl sites for hydroxylation is 1. The van der Waals surface area contributed by atoms with Crippen LogP contribution in [0.4, 0.5) is 5.69 Å². The Morgan fingerprint density at radius 2 is 1.96 bits per heavy atom. The summed E-state index contributed by atoms with van der Waals surface area (Å²) in [7, 11) is 1.42. The highest BCUT2D eigenvalue weighted by atomic mass is 79.9. The molecule has 2 aromatic carbocycles. The maximum absolute atomic E-state index is 12.0. The van der Waals surface area contributed by atoms with Crippen molar-refractivity contribution in [2.75, 3.05) is 12.4 Å². The van der Waals surface area contributed by atoms with Crippen molar-refractivity contribution in [1.82, 2.24) is 5.43 Å². The Labute approximate surface area is 159 Å². The van der Waals surface area contributed by atoms with Crippen molar-refractivity contribution >= 4 is 39.6 Å². The minimum absolute atomic E-state index is 0.0402. The minimum atomic E-state index is -0.896. The van der Waals surface area contributed by atoms with E-state index in [1.54, 1.807) is 18.2 Å². The number of carbonyl (C=O) groups is 2. The minimum Gasteiger partial charge on any atom is -0.503 e. The molecule has 7 nitrogen and oxygen atoms in total. The van der Waals surface area contributed by atoms with E-state index in [9.17, 15) is 14.7 Å². The zero-order valence-corrected chi connectivity index (χ0v) is 16.0. The number of rotatable bonds is 4. The van der Waals surface area contributed by atoms with Crippen LogP contribution in [0.1, 0.15) is 16.7 Å². The van der Waals surface area contributed by atoms with Crippen LogP contribution in [0, 0.1) is 13.8 Å². The summed E-state index contributed by atoms with van der Waals surface area (Å²) in [6.45, 7) is 3.77. The molecule has 2 aromatic rings. The Kier molecular flexibility index (Phi) is 6.35. The number of phenols is 1. The zero-order valence-electron chi connectivity index (χ0n) is 14.5. The molecule has 0 aromatic heterocycles. The number of aromatic hydroxyl groups is 1. The summed E-state index contributed by atoms with van der Waals surface area (Å²) >= 11 is 3.19. The van der Waals surface area contributed by atoms with Gasteiger partial charge in [0.05, 0.1) is 17.8 Å². The van der Waals surface area contributed by atoms with Crippen molar-refractivity contribution in [2.45, 2.75) is 13.8 Å². The third kappa shape index (κ3) is 4.60. The first-order chi connectivity index (χ1) is 12.3. The molecule has 0 heterocycles. The van der Waals surface area contributed by atoms with Crippen LogP contribution < -0.4 is 15.5 Å². The fourth-order valence-corrected chi connectivity index (χ4v) is 2.57. The SMILES string of the molecule is COc1cc(/C=N\NC(=O)C(=O)Nc2cccc(C)c2C)cc(Br)c1O. The average molecular weight is 420 g/mol. The fourth-order valence-electron chi connectivity index (χ4n) is 2.11. The monoisotopic (exact) mass is 419 g/mol. The zero-order chi connectivity index (χ0) is 19.3. The van der Waals surface area contributed by atoms with Crippen molar-refractivity contribution in [3.63, 3.8) is 0 Å². The Balaban J connectivity index is 2.02. The summed E-state index contributed by atoms with van der Waals surface area (Å²) in [5.74, 6) is -1.51. The molecule has 0 aliphatic carbocycles. The van der Waals surface area contributed by atoms with E-state index in [1.807, 2.05) is 19.9 Å². The van der Waals surface area contributed by atoms with Gasteiger partial charge in [0.1, 0.15) is 0 Å². The van der Waals surface area contributed by atoms with Gasteiger partial charge in [0, 0.05) is 5.69 Å². The van der Waals surface area contributed by atoms with Gasteiger partial charge in [-0.15, -0.1) is 0 Å². The third-order valence-corrected chi connectivity index (χ3v) is 4.31. The quantitative estimate of drug-likeness (QED) is 0.402. The van der Waals surface area contributed by atoms with Gasteiger partial charge in [-0.3, -0.25) is 9.59 Å². The van der Waals surface area contributed by atoms with E-state index in [2.05, 4.69) is 31.8 Å². The number of amides is 2. The summed E-state index contributed by atoms with van der Waals surface area (Å²) in [6.07, 6.45) is 1.33. The van der Waals surface area contributed by atoms with Crippen molar-refractivity contribution in [2.24, 2.45) is 5.10 Å². The molecule has 3 N–H and O–H groups in total. The predicted octanol–water partition coefficient (Wildman–Crippen LogP) is 2.87. The lowest BCUT2D eigenvalue weighted by atomic mass is 10.1. The second-order valence-electron chi connectivity index (χ2n) is 5.45. The average Bonchev–Trinajstić information content (AvgIpc) is 2.61. The van der Waals surface area contributed by atoms with Crippen LogP contribution in [0.25, 0.3) is 0 Å². The van der Waals surface area contributed by atoms with Crippen LogP contribution in [-0.4, -0.2) is 30.2 Å². The summed E-state index contributed by atoms with van der Waals surface area (Å²) in [5.41, 5.74) is 5.18. The molecular weight excluding hydrogens is 402 g/mol. The van der Waals surface area contributed by atoms with Gasteiger partial charge in [-0.25, -0.2) is 5.43 Å². The number of phenolic OH excluding ortho intramolecular Hbond substituents is 1. The molecule has 8 heteroatoms. The van der Waals surface area contributed by atoms with Gasteiger partial charge in [-0.2, -0.15) is 5.10 Å². The van der Waals surface area contributed by atoms with Crippen LogP contribution in [0.2, 0.25) is 0 Å². The number of methoxy groups -OCH3 is 1. The smallest absolute Gasteiger partial charge is 0.329 e. The lowest BCUT2D eigenvalue weighted by molar-refractivity contribution is -0.136. The summed E-state index contributed by atoms with van der Waals surface area (Å²) in [5, 5.41) is 16.0. The van der Waals surface area contributed by atoms with E-state index < -0.39 is 11.8 Å². The molecule has 0 atom stereocenters. The fraction of sp³-hybridized carbons (Fsp3) is 0.167. The number of ether oxygens (including phenoxy) is 1. The summed E-state index contributed by atoms with van der Waals surface area (Å²) < 4.78 is 5.44. The number of benzene rings is 2. The number of hydrogen-bond acceptors (Lipinski definition) is 5. The van der Waals surface area contributed by atoms with Crippen LogP contribution in [-0.2, 0) is 9.59 Å². The van der Waals surface area contributed by atoms with Crippen molar-refractivity contribution in [1.29, 1.82) is 0 Å². The second kappa shape index (κ2) is 8.48. The van der Waals surface area contributed by atoms with Gasteiger partial charge in [-0.05, 0) is 64.7 Å². The van der Waals surface area contributed by atoms with E-state index in [0.717, 1.165) is 11.1 Å². The van der Waals surface area contributed by atoms with Crippen LogP contribution in [0.3, 0.4) is 0 Å². The van der Waals surface area contributed by atoms with Gasteiger partial charge < -0.3 is 15.2 Å². The third-order valence-electron chi connectivity index (χ3n) is 3.71. The van der Waals surface area contributed by atoms with E-state index in [4.69, 9.17) is 4.74 Å². The maximum Gasteiger partial charge on any atom is 0.329 e. The standard InChI is InChI=1S/C18H18BrN3O4/c1-10-5-4-6-14(11(10)2)21-17(24)18(25)22-20-9-12-7-13(19)16(23)15(8-12)26-3/h4-9,23H,1-3H3,(H,21,24)(H,22,25)/b20-9-. The Bertz CT molecular complexity index is 881. The Morgan fingerprint density at radius 3 is 2.65 bits per heavy atom. The number of carbonyl (C=O) groups excluding carboxylic acids is 2. The molecule has 2 rings (SSSR count). The summed E-state index contributed by atoms with van der Waals surface area (Å²) in [4.78, 5) is 23.8. The molecule has 0 saturated heterocycles. The van der Waals surface area contributed by atoms with Gasteiger partial charge >= 0.3 is 11.8 Å². The summed E-state index contributed by atoms with van der Waals surface area (Å²) in [6, 6.07) is 8.55. The normalized spacial score (nSPS) is 10.6. The number of halogens is 1. The molecule has 0 fully saturated rings. The maximum atomic E-state index is 12.0. The lowest BCUT2D eigenvalue weighted by Crippen LogP contribution is -2.32. The first kappa shape index (κ1) is 19.5. The highest BCUT2D eigenvalue weighted by Gasteiger charge is 2.14. The van der Waals surface area contributed by atoms with Crippen LogP contribution in [0.15, 0.2) is 39.9 Å². The molecule has 0 aliphatic rings. The lowest BCUT2D eigenvalue weighted by Gasteiger charge is -2.09. The van der Waals surface area contributed by atoms with Crippen LogP contribution >= 0.6 is 15.9 Å². The van der Waals surface area contributed by atoms with Gasteiger partial charge in [0.2, 0.25) is 0 Å².